The smallest absolute Gasteiger partial charge is 0.289 e. The molecule has 0 saturated carbocycles. The van der Waals surface area contributed by atoms with E-state index in [1.165, 1.54) is 12.8 Å². The van der Waals surface area contributed by atoms with Gasteiger partial charge in [0.2, 0.25) is 0 Å². The summed E-state index contributed by atoms with van der Waals surface area (Å²) in [5, 5.41) is 8.61. The van der Waals surface area contributed by atoms with Crippen LogP contribution in [0.15, 0.2) is 24.3 Å². The van der Waals surface area contributed by atoms with Crippen molar-refractivity contribution < 1.29 is 13.9 Å². The second kappa shape index (κ2) is 6.50. The van der Waals surface area contributed by atoms with Gasteiger partial charge in [-0.1, -0.05) is 12.1 Å². The zero-order valence-electron chi connectivity index (χ0n) is 10.6. The number of rotatable bonds is 4. The highest BCUT2D eigenvalue weighted by molar-refractivity contribution is 5.85. The van der Waals surface area contributed by atoms with Crippen LogP contribution in [0.2, 0.25) is 0 Å². The van der Waals surface area contributed by atoms with Crippen LogP contribution in [-0.4, -0.2) is 30.7 Å². The number of hydrogen-bond acceptors (Lipinski definition) is 3. The van der Waals surface area contributed by atoms with Gasteiger partial charge < -0.3 is 15.7 Å². The van der Waals surface area contributed by atoms with Crippen molar-refractivity contribution in [2.75, 3.05) is 24.6 Å². The molecule has 19 heavy (non-hydrogen) atoms. The van der Waals surface area contributed by atoms with Crippen molar-refractivity contribution in [3.05, 3.63) is 29.8 Å². The molecule has 1 fully saturated rings. The molecule has 108 valence electrons. The van der Waals surface area contributed by atoms with Crippen LogP contribution >= 0.6 is 12.4 Å². The van der Waals surface area contributed by atoms with Crippen molar-refractivity contribution in [2.45, 2.75) is 24.8 Å². The zero-order valence-corrected chi connectivity index (χ0v) is 11.4. The Labute approximate surface area is 117 Å². The van der Waals surface area contributed by atoms with Crippen molar-refractivity contribution in [1.29, 1.82) is 0 Å². The molecule has 0 unspecified atom stereocenters. The van der Waals surface area contributed by atoms with E-state index < -0.39 is 18.6 Å². The predicted octanol–water partition coefficient (Wildman–Crippen LogP) is 2.34. The minimum Gasteiger partial charge on any atom is -0.390 e. The standard InChI is InChI=1S/C13H18F2N2O.ClH/c14-13(15,9-18)12(16)10-3-5-11(6-4-10)17-7-1-2-8-17;/h3-6,12,18H,1-2,7-9,16H2;1H/t12-;/m1./s1. The van der Waals surface area contributed by atoms with E-state index >= 15 is 0 Å². The lowest BCUT2D eigenvalue weighted by Gasteiger charge is -2.23. The van der Waals surface area contributed by atoms with E-state index in [0.29, 0.717) is 5.56 Å². The molecule has 1 atom stereocenters. The molecule has 0 aliphatic carbocycles. The first-order valence-corrected chi connectivity index (χ1v) is 6.14. The van der Waals surface area contributed by atoms with Crippen LogP contribution in [0.5, 0.6) is 0 Å². The van der Waals surface area contributed by atoms with E-state index in [1.54, 1.807) is 12.1 Å². The van der Waals surface area contributed by atoms with Gasteiger partial charge in [-0.2, -0.15) is 0 Å². The highest BCUT2D eigenvalue weighted by Crippen LogP contribution is 2.30. The van der Waals surface area contributed by atoms with E-state index in [2.05, 4.69) is 4.90 Å². The summed E-state index contributed by atoms with van der Waals surface area (Å²) >= 11 is 0. The summed E-state index contributed by atoms with van der Waals surface area (Å²) in [6.07, 6.45) is 2.34. The Balaban J connectivity index is 0.00000180. The number of aliphatic hydroxyl groups excluding tert-OH is 1. The van der Waals surface area contributed by atoms with Gasteiger partial charge in [0, 0.05) is 18.8 Å². The van der Waals surface area contributed by atoms with Gasteiger partial charge in [-0.05, 0) is 30.5 Å². The number of hydrogen-bond donors (Lipinski definition) is 2. The summed E-state index contributed by atoms with van der Waals surface area (Å²) in [7, 11) is 0. The van der Waals surface area contributed by atoms with Crippen LogP contribution in [0.4, 0.5) is 14.5 Å². The molecule has 0 aromatic heterocycles. The van der Waals surface area contributed by atoms with Crippen LogP contribution in [0.25, 0.3) is 0 Å². The average Bonchev–Trinajstić information content (AvgIpc) is 2.92. The fourth-order valence-electron chi connectivity index (χ4n) is 2.21. The summed E-state index contributed by atoms with van der Waals surface area (Å²) < 4.78 is 26.5. The monoisotopic (exact) mass is 292 g/mol. The molecule has 6 heteroatoms. The van der Waals surface area contributed by atoms with Crippen molar-refractivity contribution in [1.82, 2.24) is 0 Å². The highest BCUT2D eigenvalue weighted by Gasteiger charge is 2.37. The van der Waals surface area contributed by atoms with E-state index in [4.69, 9.17) is 10.8 Å². The number of nitrogens with two attached hydrogens (primary N) is 1. The number of nitrogens with zero attached hydrogens (tertiary/aromatic N) is 1. The van der Waals surface area contributed by atoms with Crippen molar-refractivity contribution in [3.63, 3.8) is 0 Å². The number of alkyl halides is 2. The summed E-state index contributed by atoms with van der Waals surface area (Å²) in [5.41, 5.74) is 6.85. The Morgan fingerprint density at radius 1 is 1.21 bits per heavy atom. The Morgan fingerprint density at radius 3 is 2.21 bits per heavy atom. The molecular weight excluding hydrogens is 274 g/mol. The number of anilines is 1. The summed E-state index contributed by atoms with van der Waals surface area (Å²) in [5.74, 6) is -3.28. The van der Waals surface area contributed by atoms with Gasteiger partial charge in [0.25, 0.3) is 5.92 Å². The summed E-state index contributed by atoms with van der Waals surface area (Å²) in [4.78, 5) is 2.22. The quantitative estimate of drug-likeness (QED) is 0.895. The summed E-state index contributed by atoms with van der Waals surface area (Å²) in [6.45, 7) is 0.790. The van der Waals surface area contributed by atoms with E-state index in [9.17, 15) is 8.78 Å². The van der Waals surface area contributed by atoms with Gasteiger partial charge in [0.05, 0.1) is 6.04 Å². The lowest BCUT2D eigenvalue weighted by atomic mass is 10.0. The van der Waals surface area contributed by atoms with Gasteiger partial charge in [-0.3, -0.25) is 0 Å². The largest absolute Gasteiger partial charge is 0.390 e. The highest BCUT2D eigenvalue weighted by atomic mass is 35.5. The first kappa shape index (κ1) is 16.1. The SMILES string of the molecule is Cl.N[C@H](c1ccc(N2CCCC2)cc1)C(F)(F)CO. The van der Waals surface area contributed by atoms with Gasteiger partial charge in [-0.25, -0.2) is 8.78 Å². The van der Waals surface area contributed by atoms with Crippen LogP contribution in [0, 0.1) is 0 Å². The third-order valence-corrected chi connectivity index (χ3v) is 3.39. The Hall–Kier alpha value is -0.910. The molecule has 1 saturated heterocycles. The molecule has 3 N–H and O–H groups in total. The predicted molar refractivity (Wildman–Crippen MR) is 74.1 cm³/mol. The van der Waals surface area contributed by atoms with Gasteiger partial charge in [-0.15, -0.1) is 12.4 Å². The van der Waals surface area contributed by atoms with Gasteiger partial charge in [0.1, 0.15) is 6.61 Å². The van der Waals surface area contributed by atoms with Crippen LogP contribution < -0.4 is 10.6 Å². The van der Waals surface area contributed by atoms with E-state index in [-0.39, 0.29) is 12.4 Å². The molecule has 3 nitrogen and oxygen atoms in total. The van der Waals surface area contributed by atoms with Crippen molar-refractivity contribution in [3.8, 4) is 0 Å². The second-order valence-corrected chi connectivity index (χ2v) is 4.68. The molecule has 0 amide bonds. The lowest BCUT2D eigenvalue weighted by molar-refractivity contribution is -0.0711. The Bertz CT molecular complexity index is 394. The van der Waals surface area contributed by atoms with E-state index in [0.717, 1.165) is 18.8 Å². The fourth-order valence-corrected chi connectivity index (χ4v) is 2.21. The molecule has 0 radical (unpaired) electrons. The molecule has 1 aliphatic rings. The number of benzene rings is 1. The Kier molecular flexibility index (Phi) is 5.52. The number of halogens is 3. The van der Waals surface area contributed by atoms with Crippen molar-refractivity contribution >= 4 is 18.1 Å². The molecule has 1 aromatic carbocycles. The van der Waals surface area contributed by atoms with E-state index in [1.807, 2.05) is 12.1 Å². The molecule has 2 rings (SSSR count). The second-order valence-electron chi connectivity index (χ2n) is 4.68. The van der Waals surface area contributed by atoms with Gasteiger partial charge in [0.15, 0.2) is 0 Å². The number of aliphatic hydroxyl groups is 1. The van der Waals surface area contributed by atoms with Crippen molar-refractivity contribution in [2.24, 2.45) is 5.73 Å². The normalized spacial score (nSPS) is 17.2. The van der Waals surface area contributed by atoms with Gasteiger partial charge >= 0.3 is 0 Å². The lowest BCUT2D eigenvalue weighted by Crippen LogP contribution is -2.36. The fraction of sp³-hybridized carbons (Fsp3) is 0.538. The van der Waals surface area contributed by atoms with Crippen LogP contribution in [0.1, 0.15) is 24.4 Å². The molecular formula is C13H19ClF2N2O. The minimum atomic E-state index is -3.28. The minimum absolute atomic E-state index is 0. The third-order valence-electron chi connectivity index (χ3n) is 3.39. The van der Waals surface area contributed by atoms with Crippen LogP contribution in [0.3, 0.4) is 0 Å². The first-order valence-electron chi connectivity index (χ1n) is 6.14. The molecule has 0 bridgehead atoms. The summed E-state index contributed by atoms with van der Waals surface area (Å²) in [6, 6.07) is 5.39. The topological polar surface area (TPSA) is 49.5 Å². The first-order chi connectivity index (χ1) is 8.54. The maximum Gasteiger partial charge on any atom is 0.289 e. The zero-order chi connectivity index (χ0) is 13.2. The third kappa shape index (κ3) is 3.55. The average molecular weight is 293 g/mol. The molecule has 1 aliphatic heterocycles. The Morgan fingerprint density at radius 2 is 1.74 bits per heavy atom. The molecule has 1 aromatic rings. The van der Waals surface area contributed by atoms with Crippen LogP contribution in [-0.2, 0) is 0 Å². The maximum atomic E-state index is 13.2. The maximum absolute atomic E-state index is 13.2. The molecule has 1 heterocycles. The molecule has 0 spiro atoms.